The average Bonchev–Trinajstić information content (AvgIpc) is 3.09. The molecule has 0 bridgehead atoms. The number of carbonyl (C=O) groups excluding carboxylic acids is 1. The molecule has 0 aromatic carbocycles. The van der Waals surface area contributed by atoms with Crippen LogP contribution in [0.5, 0.6) is 0 Å². The summed E-state index contributed by atoms with van der Waals surface area (Å²) in [5.41, 5.74) is 5.13. The van der Waals surface area contributed by atoms with Gasteiger partial charge < -0.3 is 15.5 Å². The zero-order chi connectivity index (χ0) is 26.5. The van der Waals surface area contributed by atoms with Crippen LogP contribution >= 0.6 is 0 Å². The number of pyridine rings is 2. The van der Waals surface area contributed by atoms with Crippen molar-refractivity contribution >= 4 is 27.4 Å². The number of nitrogens with two attached hydrogens (primary N) is 1. The van der Waals surface area contributed by atoms with E-state index in [1.807, 2.05) is 18.7 Å². The fraction of sp³-hybridized carbons (Fsp3) is 0.542. The van der Waals surface area contributed by atoms with Gasteiger partial charge in [0.05, 0.1) is 10.8 Å². The molecule has 2 N–H and O–H groups in total. The number of rotatable bonds is 5. The van der Waals surface area contributed by atoms with Crippen molar-refractivity contribution < 1.29 is 26.4 Å². The van der Waals surface area contributed by atoms with E-state index in [0.717, 1.165) is 6.42 Å². The molecule has 2 aliphatic heterocycles. The molecule has 196 valence electrons. The Morgan fingerprint density at radius 3 is 2.39 bits per heavy atom. The fourth-order valence-electron chi connectivity index (χ4n) is 5.33. The third-order valence-corrected chi connectivity index (χ3v) is 8.72. The van der Waals surface area contributed by atoms with E-state index in [4.69, 9.17) is 5.73 Å². The van der Waals surface area contributed by atoms with Gasteiger partial charge in [-0.1, -0.05) is 13.0 Å². The summed E-state index contributed by atoms with van der Waals surface area (Å²) >= 11 is 0. The molecule has 2 fully saturated rings. The van der Waals surface area contributed by atoms with Crippen molar-refractivity contribution in [3.63, 3.8) is 0 Å². The molecule has 4 rings (SSSR count). The standard InChI is InChI=1S/C24H30F3N5O3S/c1-15-13-23(2,3)32(14-15)22-20(21(28)33)17(7-10-29-22)36(34,35)19-6-4-5-18(30-19)31-11-8-16(9-12-31)24(25,26)27/h4-7,10,15-16H,8-9,11-14H2,1-3H3,(H2,28,33). The smallest absolute Gasteiger partial charge is 0.365 e. The Morgan fingerprint density at radius 1 is 1.17 bits per heavy atom. The Bertz CT molecular complexity index is 1260. The van der Waals surface area contributed by atoms with Crippen LogP contribution in [0.25, 0.3) is 0 Å². The molecule has 1 unspecified atom stereocenters. The highest BCUT2D eigenvalue weighted by atomic mass is 32.2. The van der Waals surface area contributed by atoms with Crippen LogP contribution in [-0.2, 0) is 9.84 Å². The lowest BCUT2D eigenvalue weighted by Gasteiger charge is -2.34. The Morgan fingerprint density at radius 2 is 1.83 bits per heavy atom. The van der Waals surface area contributed by atoms with Crippen molar-refractivity contribution in [3.8, 4) is 0 Å². The molecule has 2 saturated heterocycles. The summed E-state index contributed by atoms with van der Waals surface area (Å²) < 4.78 is 66.5. The number of sulfone groups is 1. The summed E-state index contributed by atoms with van der Waals surface area (Å²) in [7, 11) is -4.30. The SMILES string of the molecule is CC1CN(c2nccc(S(=O)(=O)c3cccc(N4CCC(C(F)(F)F)CC4)n3)c2C(N)=O)C(C)(C)C1. The summed E-state index contributed by atoms with van der Waals surface area (Å²) in [5, 5.41) is -0.313. The van der Waals surface area contributed by atoms with E-state index in [2.05, 4.69) is 16.9 Å². The van der Waals surface area contributed by atoms with Crippen molar-refractivity contribution in [2.24, 2.45) is 17.6 Å². The molecule has 0 aliphatic carbocycles. The topological polar surface area (TPSA) is 109 Å². The zero-order valence-electron chi connectivity index (χ0n) is 20.4. The minimum atomic E-state index is -4.30. The number of hydrogen-bond donors (Lipinski definition) is 1. The van der Waals surface area contributed by atoms with E-state index < -0.39 is 27.8 Å². The Hall–Kier alpha value is -2.89. The molecule has 0 radical (unpaired) electrons. The van der Waals surface area contributed by atoms with E-state index in [1.54, 1.807) is 11.0 Å². The molecule has 2 aromatic heterocycles. The summed E-state index contributed by atoms with van der Waals surface area (Å²) in [5.74, 6) is -1.52. The summed E-state index contributed by atoms with van der Waals surface area (Å²) in [6.07, 6.45) is -2.27. The second-order valence-corrected chi connectivity index (χ2v) is 12.1. The minimum Gasteiger partial charge on any atom is -0.365 e. The van der Waals surface area contributed by atoms with Crippen LogP contribution in [0.2, 0.25) is 0 Å². The monoisotopic (exact) mass is 525 g/mol. The Balaban J connectivity index is 1.70. The van der Waals surface area contributed by atoms with E-state index in [9.17, 15) is 26.4 Å². The van der Waals surface area contributed by atoms with E-state index >= 15 is 0 Å². The maximum atomic E-state index is 13.7. The van der Waals surface area contributed by atoms with Crippen LogP contribution in [0.3, 0.4) is 0 Å². The third kappa shape index (κ3) is 4.87. The maximum Gasteiger partial charge on any atom is 0.391 e. The molecule has 1 atom stereocenters. The first-order valence-corrected chi connectivity index (χ1v) is 13.3. The van der Waals surface area contributed by atoms with Crippen LogP contribution in [0.4, 0.5) is 24.8 Å². The highest BCUT2D eigenvalue weighted by Gasteiger charge is 2.42. The first kappa shape index (κ1) is 26.2. The molecular weight excluding hydrogens is 495 g/mol. The number of carbonyl (C=O) groups is 1. The van der Waals surface area contributed by atoms with Gasteiger partial charge in [0.15, 0.2) is 5.03 Å². The number of aromatic nitrogens is 2. The second kappa shape index (κ2) is 9.20. The number of amides is 1. The highest BCUT2D eigenvalue weighted by molar-refractivity contribution is 7.91. The molecule has 12 heteroatoms. The quantitative estimate of drug-likeness (QED) is 0.632. The van der Waals surface area contributed by atoms with Crippen LogP contribution in [0, 0.1) is 11.8 Å². The fourth-order valence-corrected chi connectivity index (χ4v) is 6.73. The molecule has 4 heterocycles. The summed E-state index contributed by atoms with van der Waals surface area (Å²) in [4.78, 5) is 24.4. The predicted octanol–water partition coefficient (Wildman–Crippen LogP) is 3.81. The molecule has 0 saturated carbocycles. The van der Waals surface area contributed by atoms with E-state index in [0.29, 0.717) is 12.5 Å². The predicted molar refractivity (Wildman–Crippen MR) is 129 cm³/mol. The normalized spacial score (nSPS) is 21.1. The number of piperidine rings is 1. The van der Waals surface area contributed by atoms with Crippen molar-refractivity contribution in [1.29, 1.82) is 0 Å². The Labute approximate surface area is 208 Å². The van der Waals surface area contributed by atoms with Gasteiger partial charge in [-0.25, -0.2) is 18.4 Å². The Kier molecular flexibility index (Phi) is 6.69. The lowest BCUT2D eigenvalue weighted by molar-refractivity contribution is -0.179. The largest absolute Gasteiger partial charge is 0.391 e. The molecular formula is C24H30F3N5O3S. The molecule has 2 aromatic rings. The van der Waals surface area contributed by atoms with Crippen molar-refractivity contribution in [2.75, 3.05) is 29.4 Å². The van der Waals surface area contributed by atoms with Gasteiger partial charge in [-0.05, 0) is 57.2 Å². The number of primary amides is 1. The van der Waals surface area contributed by atoms with Gasteiger partial charge in [0.2, 0.25) is 9.84 Å². The summed E-state index contributed by atoms with van der Waals surface area (Å²) in [6.45, 7) is 6.86. The highest BCUT2D eigenvalue weighted by Crippen LogP contribution is 2.39. The number of nitrogens with zero attached hydrogens (tertiary/aromatic N) is 4. The van der Waals surface area contributed by atoms with E-state index in [1.165, 1.54) is 24.4 Å². The first-order valence-electron chi connectivity index (χ1n) is 11.8. The minimum absolute atomic E-state index is 0.0915. The van der Waals surface area contributed by atoms with Crippen LogP contribution in [0.15, 0.2) is 40.4 Å². The van der Waals surface area contributed by atoms with Gasteiger partial charge >= 0.3 is 6.18 Å². The first-order chi connectivity index (χ1) is 16.7. The van der Waals surface area contributed by atoms with Gasteiger partial charge in [0.25, 0.3) is 5.91 Å². The maximum absolute atomic E-state index is 13.7. The molecule has 36 heavy (non-hydrogen) atoms. The van der Waals surface area contributed by atoms with Crippen LogP contribution in [-0.4, -0.2) is 55.6 Å². The average molecular weight is 526 g/mol. The number of anilines is 2. The molecule has 1 amide bonds. The van der Waals surface area contributed by atoms with Crippen molar-refractivity contribution in [2.45, 2.75) is 61.7 Å². The zero-order valence-corrected chi connectivity index (χ0v) is 21.2. The van der Waals surface area contributed by atoms with Gasteiger partial charge in [0, 0.05) is 31.4 Å². The number of halogens is 3. The van der Waals surface area contributed by atoms with Gasteiger partial charge in [-0.3, -0.25) is 4.79 Å². The molecule has 0 spiro atoms. The van der Waals surface area contributed by atoms with Crippen molar-refractivity contribution in [1.82, 2.24) is 9.97 Å². The lowest BCUT2D eigenvalue weighted by atomic mass is 9.96. The summed E-state index contributed by atoms with van der Waals surface area (Å²) in [6, 6.07) is 5.58. The lowest BCUT2D eigenvalue weighted by Crippen LogP contribution is -2.40. The van der Waals surface area contributed by atoms with Gasteiger partial charge in [0.1, 0.15) is 17.2 Å². The van der Waals surface area contributed by atoms with Crippen molar-refractivity contribution in [3.05, 3.63) is 36.0 Å². The van der Waals surface area contributed by atoms with Crippen LogP contribution in [0.1, 0.15) is 50.4 Å². The third-order valence-electron chi connectivity index (χ3n) is 7.02. The van der Waals surface area contributed by atoms with E-state index in [-0.39, 0.29) is 58.6 Å². The number of alkyl halides is 3. The van der Waals surface area contributed by atoms with Gasteiger partial charge in [-0.2, -0.15) is 13.2 Å². The van der Waals surface area contributed by atoms with Gasteiger partial charge in [-0.15, -0.1) is 0 Å². The van der Waals surface area contributed by atoms with Crippen LogP contribution < -0.4 is 15.5 Å². The molecule has 2 aliphatic rings. The molecule has 8 nitrogen and oxygen atoms in total. The number of hydrogen-bond acceptors (Lipinski definition) is 7. The second-order valence-electron chi connectivity index (χ2n) is 10.2.